The van der Waals surface area contributed by atoms with Gasteiger partial charge in [0, 0.05) is 12.6 Å². The second-order valence-corrected chi connectivity index (χ2v) is 4.33. The molecular weight excluding hydrogens is 258 g/mol. The van der Waals surface area contributed by atoms with E-state index in [-0.39, 0.29) is 11.9 Å². The smallest absolute Gasteiger partial charge is 0.310 e. The van der Waals surface area contributed by atoms with Crippen LogP contribution in [0.2, 0.25) is 0 Å². The van der Waals surface area contributed by atoms with Crippen molar-refractivity contribution < 1.29 is 19.0 Å². The van der Waals surface area contributed by atoms with Gasteiger partial charge in [0.1, 0.15) is 11.5 Å². The molecule has 0 aliphatic carbocycles. The van der Waals surface area contributed by atoms with Gasteiger partial charge >= 0.3 is 5.97 Å². The molecule has 5 heteroatoms. The van der Waals surface area contributed by atoms with Gasteiger partial charge in [-0.3, -0.25) is 4.79 Å². The molecule has 1 atom stereocenters. The third-order valence-electron chi connectivity index (χ3n) is 2.76. The highest BCUT2D eigenvalue weighted by atomic mass is 16.5. The maximum atomic E-state index is 11.4. The SMILES string of the molecule is CCOc1ccc(OCC)c(NCC(C)C(=O)OC)c1. The molecule has 1 unspecified atom stereocenters. The predicted octanol–water partition coefficient (Wildman–Crippen LogP) is 2.71. The van der Waals surface area contributed by atoms with Gasteiger partial charge in [0.2, 0.25) is 0 Å². The van der Waals surface area contributed by atoms with Crippen LogP contribution in [0.5, 0.6) is 11.5 Å². The van der Waals surface area contributed by atoms with Gasteiger partial charge in [-0.05, 0) is 26.0 Å². The first-order valence-corrected chi connectivity index (χ1v) is 6.83. The van der Waals surface area contributed by atoms with Gasteiger partial charge in [-0.15, -0.1) is 0 Å². The van der Waals surface area contributed by atoms with E-state index in [0.717, 1.165) is 17.2 Å². The fourth-order valence-corrected chi connectivity index (χ4v) is 1.73. The van der Waals surface area contributed by atoms with E-state index in [1.54, 1.807) is 0 Å². The zero-order valence-corrected chi connectivity index (χ0v) is 12.6. The van der Waals surface area contributed by atoms with E-state index in [4.69, 9.17) is 14.2 Å². The van der Waals surface area contributed by atoms with Crippen molar-refractivity contribution in [2.75, 3.05) is 32.2 Å². The van der Waals surface area contributed by atoms with Gasteiger partial charge in [0.25, 0.3) is 0 Å². The van der Waals surface area contributed by atoms with E-state index in [0.29, 0.717) is 19.8 Å². The molecule has 0 bridgehead atoms. The van der Waals surface area contributed by atoms with Gasteiger partial charge in [-0.25, -0.2) is 0 Å². The highest BCUT2D eigenvalue weighted by Gasteiger charge is 2.14. The van der Waals surface area contributed by atoms with Crippen molar-refractivity contribution in [1.82, 2.24) is 0 Å². The molecule has 1 aromatic carbocycles. The number of methoxy groups -OCH3 is 1. The van der Waals surface area contributed by atoms with Crippen LogP contribution in [0.4, 0.5) is 5.69 Å². The predicted molar refractivity (Wildman–Crippen MR) is 78.4 cm³/mol. The number of carbonyl (C=O) groups is 1. The molecule has 0 saturated carbocycles. The molecule has 0 saturated heterocycles. The lowest BCUT2D eigenvalue weighted by atomic mass is 10.2. The van der Waals surface area contributed by atoms with Gasteiger partial charge in [0.05, 0.1) is 31.9 Å². The number of nitrogens with one attached hydrogen (secondary N) is 1. The van der Waals surface area contributed by atoms with Crippen LogP contribution in [0.3, 0.4) is 0 Å². The van der Waals surface area contributed by atoms with E-state index < -0.39 is 0 Å². The summed E-state index contributed by atoms with van der Waals surface area (Å²) in [5.41, 5.74) is 0.813. The van der Waals surface area contributed by atoms with E-state index in [2.05, 4.69) is 5.32 Å². The van der Waals surface area contributed by atoms with E-state index in [1.807, 2.05) is 39.0 Å². The number of anilines is 1. The Morgan fingerprint density at radius 1 is 1.25 bits per heavy atom. The highest BCUT2D eigenvalue weighted by molar-refractivity contribution is 5.73. The Hall–Kier alpha value is -1.91. The summed E-state index contributed by atoms with van der Waals surface area (Å²) in [7, 11) is 1.39. The fraction of sp³-hybridized carbons (Fsp3) is 0.533. The summed E-state index contributed by atoms with van der Waals surface area (Å²) in [5.74, 6) is 1.04. The lowest BCUT2D eigenvalue weighted by Gasteiger charge is -2.16. The van der Waals surface area contributed by atoms with E-state index >= 15 is 0 Å². The van der Waals surface area contributed by atoms with Gasteiger partial charge in [-0.1, -0.05) is 6.92 Å². The Labute approximate surface area is 120 Å². The van der Waals surface area contributed by atoms with Crippen molar-refractivity contribution in [3.63, 3.8) is 0 Å². The number of hydrogen-bond donors (Lipinski definition) is 1. The Morgan fingerprint density at radius 2 is 1.95 bits per heavy atom. The van der Waals surface area contributed by atoms with Gasteiger partial charge in [-0.2, -0.15) is 0 Å². The average molecular weight is 281 g/mol. The summed E-state index contributed by atoms with van der Waals surface area (Å²) in [4.78, 5) is 11.4. The molecule has 0 radical (unpaired) electrons. The van der Waals surface area contributed by atoms with Crippen LogP contribution >= 0.6 is 0 Å². The summed E-state index contributed by atoms with van der Waals surface area (Å²) in [6.45, 7) is 7.33. The third-order valence-corrected chi connectivity index (χ3v) is 2.76. The second-order valence-electron chi connectivity index (χ2n) is 4.33. The van der Waals surface area contributed by atoms with Gasteiger partial charge in [0.15, 0.2) is 0 Å². The molecule has 0 spiro atoms. The maximum Gasteiger partial charge on any atom is 0.310 e. The lowest BCUT2D eigenvalue weighted by molar-refractivity contribution is -0.144. The molecule has 0 aromatic heterocycles. The molecule has 0 amide bonds. The molecule has 1 rings (SSSR count). The first-order valence-electron chi connectivity index (χ1n) is 6.83. The number of ether oxygens (including phenoxy) is 3. The molecule has 0 heterocycles. The molecule has 0 aliphatic rings. The van der Waals surface area contributed by atoms with Crippen LogP contribution in [-0.4, -0.2) is 32.8 Å². The minimum absolute atomic E-state index is 0.231. The Bertz CT molecular complexity index is 434. The van der Waals surface area contributed by atoms with Crippen molar-refractivity contribution >= 4 is 11.7 Å². The van der Waals surface area contributed by atoms with Crippen LogP contribution in [0, 0.1) is 5.92 Å². The summed E-state index contributed by atoms with van der Waals surface area (Å²) in [5, 5.41) is 3.21. The summed E-state index contributed by atoms with van der Waals surface area (Å²) in [6, 6.07) is 5.60. The summed E-state index contributed by atoms with van der Waals surface area (Å²) >= 11 is 0. The normalized spacial score (nSPS) is 11.6. The third kappa shape index (κ3) is 4.64. The lowest BCUT2D eigenvalue weighted by Crippen LogP contribution is -2.21. The van der Waals surface area contributed by atoms with Crippen LogP contribution in [-0.2, 0) is 9.53 Å². The molecule has 5 nitrogen and oxygen atoms in total. The standard InChI is InChI=1S/C15H23NO4/c1-5-19-12-7-8-14(20-6-2)13(9-12)16-10-11(3)15(17)18-4/h7-9,11,16H,5-6,10H2,1-4H3. The number of benzene rings is 1. The topological polar surface area (TPSA) is 56.8 Å². The highest BCUT2D eigenvalue weighted by Crippen LogP contribution is 2.29. The molecular formula is C15H23NO4. The maximum absolute atomic E-state index is 11.4. The number of esters is 1. The first-order chi connectivity index (χ1) is 9.62. The molecule has 1 aromatic rings. The number of hydrogen-bond acceptors (Lipinski definition) is 5. The largest absolute Gasteiger partial charge is 0.494 e. The van der Waals surface area contributed by atoms with Crippen molar-refractivity contribution in [3.8, 4) is 11.5 Å². The quantitative estimate of drug-likeness (QED) is 0.742. The zero-order valence-electron chi connectivity index (χ0n) is 12.6. The van der Waals surface area contributed by atoms with Crippen molar-refractivity contribution in [3.05, 3.63) is 18.2 Å². The van der Waals surface area contributed by atoms with Crippen molar-refractivity contribution in [1.29, 1.82) is 0 Å². The molecule has 0 aliphatic heterocycles. The minimum Gasteiger partial charge on any atom is -0.494 e. The van der Waals surface area contributed by atoms with E-state index in [9.17, 15) is 4.79 Å². The molecule has 112 valence electrons. The fourth-order valence-electron chi connectivity index (χ4n) is 1.73. The van der Waals surface area contributed by atoms with Crippen LogP contribution in [0.1, 0.15) is 20.8 Å². The van der Waals surface area contributed by atoms with Crippen molar-refractivity contribution in [2.45, 2.75) is 20.8 Å². The van der Waals surface area contributed by atoms with E-state index in [1.165, 1.54) is 7.11 Å². The Kier molecular flexibility index (Phi) is 6.70. The molecule has 20 heavy (non-hydrogen) atoms. The Balaban J connectivity index is 2.78. The first kappa shape index (κ1) is 16.1. The average Bonchev–Trinajstić information content (AvgIpc) is 2.46. The van der Waals surface area contributed by atoms with Crippen LogP contribution in [0.25, 0.3) is 0 Å². The minimum atomic E-state index is -0.239. The number of rotatable bonds is 8. The summed E-state index contributed by atoms with van der Waals surface area (Å²) < 4.78 is 15.7. The zero-order chi connectivity index (χ0) is 15.0. The van der Waals surface area contributed by atoms with Gasteiger partial charge < -0.3 is 19.5 Å². The monoisotopic (exact) mass is 281 g/mol. The Morgan fingerprint density at radius 3 is 2.55 bits per heavy atom. The molecule has 0 fully saturated rings. The van der Waals surface area contributed by atoms with Crippen LogP contribution < -0.4 is 14.8 Å². The molecule has 1 N–H and O–H groups in total. The number of carbonyl (C=O) groups excluding carboxylic acids is 1. The second kappa shape index (κ2) is 8.30. The van der Waals surface area contributed by atoms with Crippen molar-refractivity contribution in [2.24, 2.45) is 5.92 Å². The van der Waals surface area contributed by atoms with Crippen LogP contribution in [0.15, 0.2) is 18.2 Å². The summed E-state index contributed by atoms with van der Waals surface area (Å²) in [6.07, 6.45) is 0.